The van der Waals surface area contributed by atoms with E-state index in [1.165, 1.54) is 24.0 Å². The number of amides is 3. The molecule has 0 saturated carbocycles. The van der Waals surface area contributed by atoms with Gasteiger partial charge in [0.25, 0.3) is 0 Å². The summed E-state index contributed by atoms with van der Waals surface area (Å²) >= 11 is 0. The molecule has 2 unspecified atom stereocenters. The van der Waals surface area contributed by atoms with E-state index < -0.39 is 0 Å². The van der Waals surface area contributed by atoms with E-state index in [-0.39, 0.29) is 25.0 Å². The van der Waals surface area contributed by atoms with Gasteiger partial charge in [-0.05, 0) is 87.9 Å². The fraction of sp³-hybridized carbons (Fsp3) is 0.704. The van der Waals surface area contributed by atoms with Crippen molar-refractivity contribution in [3.63, 3.8) is 0 Å². The van der Waals surface area contributed by atoms with Crippen molar-refractivity contribution in [3.05, 3.63) is 35.4 Å². The first-order chi connectivity index (χ1) is 16.4. The molecule has 1 aromatic rings. The molecule has 7 nitrogen and oxygen atoms in total. The number of hydrogen-bond donors (Lipinski definition) is 1. The third-order valence-electron chi connectivity index (χ3n) is 8.98. The van der Waals surface area contributed by atoms with Crippen LogP contribution in [0.15, 0.2) is 24.3 Å². The van der Waals surface area contributed by atoms with E-state index in [1.54, 1.807) is 19.0 Å². The molecule has 7 heteroatoms. The van der Waals surface area contributed by atoms with Crippen molar-refractivity contribution in [3.8, 4) is 0 Å². The van der Waals surface area contributed by atoms with Gasteiger partial charge in [-0.15, -0.1) is 0 Å². The number of piperidine rings is 2. The Kier molecular flexibility index (Phi) is 6.49. The summed E-state index contributed by atoms with van der Waals surface area (Å²) in [4.78, 5) is 31.2. The van der Waals surface area contributed by atoms with Crippen LogP contribution in [0.25, 0.3) is 0 Å². The molecule has 3 amide bonds. The average Bonchev–Trinajstić information content (AvgIpc) is 3.11. The molecule has 2 bridgehead atoms. The summed E-state index contributed by atoms with van der Waals surface area (Å²) < 4.78 is 5.34. The van der Waals surface area contributed by atoms with Gasteiger partial charge in [0.05, 0.1) is 12.6 Å². The van der Waals surface area contributed by atoms with Gasteiger partial charge in [-0.3, -0.25) is 0 Å². The van der Waals surface area contributed by atoms with Gasteiger partial charge < -0.3 is 24.8 Å². The summed E-state index contributed by atoms with van der Waals surface area (Å²) in [5.41, 5.74) is 2.97. The molecule has 3 aliphatic heterocycles. The summed E-state index contributed by atoms with van der Waals surface area (Å²) in [6.07, 6.45) is 8.76. The first-order valence-electron chi connectivity index (χ1n) is 13.2. The second-order valence-electron chi connectivity index (χ2n) is 11.0. The van der Waals surface area contributed by atoms with Crippen molar-refractivity contribution in [1.29, 1.82) is 0 Å². The third-order valence-corrected chi connectivity index (χ3v) is 8.98. The molecule has 3 fully saturated rings. The number of hydrogen-bond acceptors (Lipinski definition) is 4. The lowest BCUT2D eigenvalue weighted by molar-refractivity contribution is 0.0247. The highest BCUT2D eigenvalue weighted by molar-refractivity contribution is 5.74. The first kappa shape index (κ1) is 23.5. The zero-order valence-electron chi connectivity index (χ0n) is 21.0. The fourth-order valence-electron chi connectivity index (χ4n) is 7.20. The Morgan fingerprint density at radius 2 is 1.74 bits per heavy atom. The molecule has 1 spiro atoms. The quantitative estimate of drug-likeness (QED) is 0.705. The van der Waals surface area contributed by atoms with Gasteiger partial charge in [0.15, 0.2) is 0 Å². The molecule has 1 aromatic carbocycles. The maximum Gasteiger partial charge on any atom is 0.410 e. The predicted molar refractivity (Wildman–Crippen MR) is 134 cm³/mol. The number of ether oxygens (including phenoxy) is 1. The number of nitrogens with one attached hydrogen (secondary N) is 1. The average molecular weight is 471 g/mol. The summed E-state index contributed by atoms with van der Waals surface area (Å²) in [6.45, 7) is 4.57. The van der Waals surface area contributed by atoms with E-state index in [0.717, 1.165) is 51.6 Å². The Morgan fingerprint density at radius 1 is 1.06 bits per heavy atom. The summed E-state index contributed by atoms with van der Waals surface area (Å²) in [6, 6.07) is 10.1. The van der Waals surface area contributed by atoms with Gasteiger partial charge in [0.1, 0.15) is 0 Å². The number of rotatable bonds is 3. The van der Waals surface area contributed by atoms with Crippen LogP contribution in [0.3, 0.4) is 0 Å². The second kappa shape index (κ2) is 9.40. The summed E-state index contributed by atoms with van der Waals surface area (Å²) in [7, 11) is 3.59. The number of carbonyl (C=O) groups excluding carboxylic acids is 2. The van der Waals surface area contributed by atoms with E-state index >= 15 is 0 Å². The van der Waals surface area contributed by atoms with Crippen molar-refractivity contribution in [1.82, 2.24) is 20.0 Å². The minimum Gasteiger partial charge on any atom is -0.450 e. The van der Waals surface area contributed by atoms with Gasteiger partial charge in [-0.2, -0.15) is 0 Å². The van der Waals surface area contributed by atoms with Crippen LogP contribution in [-0.4, -0.2) is 78.7 Å². The van der Waals surface area contributed by atoms with Crippen molar-refractivity contribution < 1.29 is 15.8 Å². The number of fused-ring (bicyclic) bond motifs is 4. The van der Waals surface area contributed by atoms with E-state index in [9.17, 15) is 9.59 Å². The van der Waals surface area contributed by atoms with Crippen LogP contribution in [0.5, 0.6) is 0 Å². The van der Waals surface area contributed by atoms with Crippen LogP contribution < -0.4 is 5.32 Å². The fourth-order valence-corrected chi connectivity index (χ4v) is 7.20. The van der Waals surface area contributed by atoms with Crippen molar-refractivity contribution in [2.75, 3.05) is 33.8 Å². The van der Waals surface area contributed by atoms with Crippen molar-refractivity contribution in [2.24, 2.45) is 0 Å². The molecular formula is C27H42N4O3. The third kappa shape index (κ3) is 4.16. The lowest BCUT2D eigenvalue weighted by Gasteiger charge is -2.50. The molecule has 0 radical (unpaired) electrons. The topological polar surface area (TPSA) is 65.1 Å². The number of likely N-dealkylation sites (tertiary alicyclic amines) is 1. The minimum absolute atomic E-state index is 0. The van der Waals surface area contributed by atoms with Gasteiger partial charge >= 0.3 is 12.1 Å². The SMILES string of the molecule is CCOC(=O)N1C2CCC1CC(N1CCC3(CC[C@H](NC(=O)N(C)C)c4ccccc43)CC1)C2.[HH]. The Balaban J connectivity index is 0.00000289. The van der Waals surface area contributed by atoms with E-state index in [4.69, 9.17) is 4.74 Å². The van der Waals surface area contributed by atoms with Crippen LogP contribution in [0.1, 0.15) is 76.9 Å². The van der Waals surface area contributed by atoms with Crippen LogP contribution in [-0.2, 0) is 10.2 Å². The molecular weight excluding hydrogens is 428 g/mol. The molecule has 3 atom stereocenters. The first-order valence-corrected chi connectivity index (χ1v) is 13.2. The normalized spacial score (nSPS) is 30.0. The van der Waals surface area contributed by atoms with Crippen LogP contribution in [0.4, 0.5) is 9.59 Å². The maximum absolute atomic E-state index is 12.5. The number of carbonyl (C=O) groups is 2. The van der Waals surface area contributed by atoms with Crippen LogP contribution in [0, 0.1) is 0 Å². The second-order valence-corrected chi connectivity index (χ2v) is 11.0. The number of urea groups is 1. The van der Waals surface area contributed by atoms with E-state index in [2.05, 4.69) is 34.5 Å². The van der Waals surface area contributed by atoms with Gasteiger partial charge in [0.2, 0.25) is 0 Å². The molecule has 3 heterocycles. The monoisotopic (exact) mass is 470 g/mol. The van der Waals surface area contributed by atoms with Crippen molar-refractivity contribution >= 4 is 12.1 Å². The highest BCUT2D eigenvalue weighted by Crippen LogP contribution is 2.49. The highest BCUT2D eigenvalue weighted by atomic mass is 16.6. The molecule has 1 N–H and O–H groups in total. The van der Waals surface area contributed by atoms with Gasteiger partial charge in [0, 0.05) is 33.6 Å². The predicted octanol–water partition coefficient (Wildman–Crippen LogP) is 4.52. The van der Waals surface area contributed by atoms with E-state index in [0.29, 0.717) is 24.7 Å². The zero-order valence-corrected chi connectivity index (χ0v) is 21.0. The molecule has 34 heavy (non-hydrogen) atoms. The smallest absolute Gasteiger partial charge is 0.410 e. The minimum atomic E-state index is -0.110. The molecule has 4 aliphatic rings. The Morgan fingerprint density at radius 3 is 2.38 bits per heavy atom. The molecule has 5 rings (SSSR count). The Labute approximate surface area is 205 Å². The molecule has 0 aromatic heterocycles. The highest BCUT2D eigenvalue weighted by Gasteiger charge is 2.48. The number of benzene rings is 1. The molecule has 1 aliphatic carbocycles. The van der Waals surface area contributed by atoms with E-state index in [1.807, 2.05) is 11.8 Å². The summed E-state index contributed by atoms with van der Waals surface area (Å²) in [5, 5.41) is 3.23. The van der Waals surface area contributed by atoms with Crippen LogP contribution in [0.2, 0.25) is 0 Å². The number of nitrogens with zero attached hydrogens (tertiary/aromatic N) is 3. The lowest BCUT2D eigenvalue weighted by atomic mass is 9.63. The maximum atomic E-state index is 12.5. The van der Waals surface area contributed by atoms with Gasteiger partial charge in [-0.1, -0.05) is 24.3 Å². The lowest BCUT2D eigenvalue weighted by Crippen LogP contribution is -2.55. The summed E-state index contributed by atoms with van der Waals surface area (Å²) in [5.74, 6) is 0. The molecule has 3 saturated heterocycles. The standard InChI is InChI=1S/C27H40N4O3.H2/c1-4-34-26(33)31-19-9-10-20(31)18-21(17-19)30-15-13-27(14-16-30)12-11-24(28-25(32)29(2)3)22-7-5-6-8-23(22)27;/h5-8,19-21,24H,4,9-18H2,1-3H3,(H,28,32);1H/t19?,20?,21?,24-;/m0./s1. The molecule has 188 valence electrons. The van der Waals surface area contributed by atoms with Crippen LogP contribution >= 0.6 is 0 Å². The zero-order chi connectivity index (χ0) is 23.9. The van der Waals surface area contributed by atoms with Crippen molar-refractivity contribution in [2.45, 2.75) is 87.9 Å². The van der Waals surface area contributed by atoms with Gasteiger partial charge in [-0.25, -0.2) is 9.59 Å². The Bertz CT molecular complexity index is 903. The largest absolute Gasteiger partial charge is 0.450 e. The Hall–Kier alpha value is -2.28.